The summed E-state index contributed by atoms with van der Waals surface area (Å²) >= 11 is 0. The number of fused-ring (bicyclic) bond motifs is 1. The molecule has 0 aromatic carbocycles. The SMILES string of the molecule is CCC(NC(=O)OC(C)(C)C)C(=O)NC1C(=O)N2C(CCC1CO)CCC2C(=O)OC. The van der Waals surface area contributed by atoms with Crippen molar-refractivity contribution in [3.05, 3.63) is 0 Å². The van der Waals surface area contributed by atoms with E-state index in [4.69, 9.17) is 9.47 Å². The topological polar surface area (TPSA) is 134 Å². The van der Waals surface area contributed by atoms with Crippen LogP contribution in [0.2, 0.25) is 0 Å². The molecule has 0 radical (unpaired) electrons. The van der Waals surface area contributed by atoms with Crippen molar-refractivity contribution in [3.8, 4) is 0 Å². The first-order chi connectivity index (χ1) is 14.5. The van der Waals surface area contributed by atoms with E-state index in [1.54, 1.807) is 27.7 Å². The number of esters is 1. The minimum Gasteiger partial charge on any atom is -0.467 e. The fraction of sp³-hybridized carbons (Fsp3) is 0.810. The number of alkyl carbamates (subject to hydrolysis) is 1. The van der Waals surface area contributed by atoms with Gasteiger partial charge < -0.3 is 30.1 Å². The summed E-state index contributed by atoms with van der Waals surface area (Å²) in [5.74, 6) is -1.92. The van der Waals surface area contributed by atoms with Gasteiger partial charge in [-0.15, -0.1) is 0 Å². The third kappa shape index (κ3) is 6.09. The van der Waals surface area contributed by atoms with Crippen LogP contribution in [0, 0.1) is 5.92 Å². The third-order valence-corrected chi connectivity index (χ3v) is 5.79. The zero-order valence-electron chi connectivity index (χ0n) is 19.0. The lowest BCUT2D eigenvalue weighted by molar-refractivity contribution is -0.153. The molecule has 0 spiro atoms. The van der Waals surface area contributed by atoms with Crippen molar-refractivity contribution in [3.63, 3.8) is 0 Å². The number of hydrogen-bond acceptors (Lipinski definition) is 7. The Labute approximate surface area is 183 Å². The second-order valence-electron chi connectivity index (χ2n) is 9.13. The van der Waals surface area contributed by atoms with Gasteiger partial charge in [0.1, 0.15) is 23.7 Å². The molecule has 2 rings (SSSR count). The number of hydrogen-bond donors (Lipinski definition) is 3. The molecular formula is C21H35N3O7. The summed E-state index contributed by atoms with van der Waals surface area (Å²) in [6, 6.07) is -2.73. The predicted molar refractivity (Wildman–Crippen MR) is 111 cm³/mol. The van der Waals surface area contributed by atoms with Crippen LogP contribution in [0.15, 0.2) is 0 Å². The van der Waals surface area contributed by atoms with Gasteiger partial charge in [-0.25, -0.2) is 9.59 Å². The molecule has 2 fully saturated rings. The summed E-state index contributed by atoms with van der Waals surface area (Å²) in [6.07, 6.45) is 1.88. The Kier molecular flexibility index (Phi) is 8.27. The lowest BCUT2D eigenvalue weighted by Gasteiger charge is -2.32. The first kappa shape index (κ1) is 24.9. The number of aliphatic hydroxyl groups is 1. The van der Waals surface area contributed by atoms with E-state index in [0.29, 0.717) is 25.7 Å². The number of ether oxygens (including phenoxy) is 2. The Morgan fingerprint density at radius 3 is 2.39 bits per heavy atom. The molecule has 2 heterocycles. The van der Waals surface area contributed by atoms with Gasteiger partial charge >= 0.3 is 12.1 Å². The van der Waals surface area contributed by atoms with Crippen molar-refractivity contribution < 1.29 is 33.8 Å². The number of amides is 3. The van der Waals surface area contributed by atoms with Crippen molar-refractivity contribution in [1.82, 2.24) is 15.5 Å². The number of rotatable bonds is 6. The molecule has 0 bridgehead atoms. The highest BCUT2D eigenvalue weighted by Crippen LogP contribution is 2.34. The number of nitrogens with one attached hydrogen (secondary N) is 2. The molecule has 0 aromatic heterocycles. The Hall–Kier alpha value is -2.36. The highest BCUT2D eigenvalue weighted by Gasteiger charge is 2.48. The third-order valence-electron chi connectivity index (χ3n) is 5.79. The lowest BCUT2D eigenvalue weighted by Crippen LogP contribution is -2.58. The normalized spacial score (nSPS) is 27.0. The maximum absolute atomic E-state index is 13.4. The zero-order valence-corrected chi connectivity index (χ0v) is 19.0. The van der Waals surface area contributed by atoms with E-state index in [9.17, 15) is 24.3 Å². The quantitative estimate of drug-likeness (QED) is 0.517. The molecule has 2 saturated heterocycles. The molecule has 5 unspecified atom stereocenters. The largest absolute Gasteiger partial charge is 0.467 e. The van der Waals surface area contributed by atoms with E-state index in [2.05, 4.69) is 10.6 Å². The second kappa shape index (κ2) is 10.3. The van der Waals surface area contributed by atoms with E-state index in [1.807, 2.05) is 0 Å². The van der Waals surface area contributed by atoms with Crippen molar-refractivity contribution in [2.75, 3.05) is 13.7 Å². The van der Waals surface area contributed by atoms with Crippen LogP contribution in [-0.4, -0.2) is 77.4 Å². The van der Waals surface area contributed by atoms with Crippen LogP contribution in [0.25, 0.3) is 0 Å². The molecule has 0 aliphatic carbocycles. The van der Waals surface area contributed by atoms with E-state index in [-0.39, 0.29) is 19.1 Å². The number of aliphatic hydroxyl groups excluding tert-OH is 1. The van der Waals surface area contributed by atoms with Gasteiger partial charge in [0.2, 0.25) is 11.8 Å². The van der Waals surface area contributed by atoms with Crippen LogP contribution < -0.4 is 10.6 Å². The first-order valence-corrected chi connectivity index (χ1v) is 10.8. The molecule has 0 saturated carbocycles. The monoisotopic (exact) mass is 441 g/mol. The van der Waals surface area contributed by atoms with Gasteiger partial charge in [0, 0.05) is 18.6 Å². The first-order valence-electron chi connectivity index (χ1n) is 10.8. The van der Waals surface area contributed by atoms with Crippen molar-refractivity contribution in [2.45, 2.75) is 89.6 Å². The molecule has 176 valence electrons. The molecule has 5 atom stereocenters. The van der Waals surface area contributed by atoms with Crippen LogP contribution >= 0.6 is 0 Å². The molecule has 2 aliphatic rings. The van der Waals surface area contributed by atoms with Crippen molar-refractivity contribution >= 4 is 23.9 Å². The average Bonchev–Trinajstić information content (AvgIpc) is 3.07. The second-order valence-corrected chi connectivity index (χ2v) is 9.13. The van der Waals surface area contributed by atoms with Crippen LogP contribution in [0.1, 0.15) is 59.8 Å². The summed E-state index contributed by atoms with van der Waals surface area (Å²) in [4.78, 5) is 52.0. The maximum atomic E-state index is 13.4. The van der Waals surface area contributed by atoms with Gasteiger partial charge in [0.15, 0.2) is 0 Å². The average molecular weight is 442 g/mol. The molecule has 31 heavy (non-hydrogen) atoms. The zero-order chi connectivity index (χ0) is 23.3. The van der Waals surface area contributed by atoms with Gasteiger partial charge in [-0.2, -0.15) is 0 Å². The molecule has 3 N–H and O–H groups in total. The van der Waals surface area contributed by atoms with Gasteiger partial charge in [0.25, 0.3) is 0 Å². The molecule has 2 aliphatic heterocycles. The Morgan fingerprint density at radius 1 is 1.19 bits per heavy atom. The minimum absolute atomic E-state index is 0.130. The fourth-order valence-corrected chi connectivity index (χ4v) is 4.24. The standard InChI is InChI=1S/C21H35N3O7/c1-6-14(22-20(29)31-21(2,3)4)17(26)23-16-12(11-25)7-8-13-9-10-15(19(28)30-5)24(13)18(16)27/h12-16,25H,6-11H2,1-5H3,(H,22,29)(H,23,26). The van der Waals surface area contributed by atoms with Crippen LogP contribution in [0.4, 0.5) is 4.79 Å². The Morgan fingerprint density at radius 2 is 1.84 bits per heavy atom. The van der Waals surface area contributed by atoms with Gasteiger partial charge in [-0.3, -0.25) is 9.59 Å². The summed E-state index contributed by atoms with van der Waals surface area (Å²) in [7, 11) is 1.28. The summed E-state index contributed by atoms with van der Waals surface area (Å²) in [6.45, 7) is 6.59. The number of carbonyl (C=O) groups excluding carboxylic acids is 4. The molecular weight excluding hydrogens is 406 g/mol. The smallest absolute Gasteiger partial charge is 0.408 e. The van der Waals surface area contributed by atoms with Gasteiger partial charge in [-0.1, -0.05) is 6.92 Å². The maximum Gasteiger partial charge on any atom is 0.408 e. The predicted octanol–water partition coefficient (Wildman–Crippen LogP) is 0.709. The van der Waals surface area contributed by atoms with Gasteiger partial charge in [-0.05, 0) is 52.9 Å². The van der Waals surface area contributed by atoms with Gasteiger partial charge in [0.05, 0.1) is 7.11 Å². The fourth-order valence-electron chi connectivity index (χ4n) is 4.24. The van der Waals surface area contributed by atoms with Crippen LogP contribution in [0.3, 0.4) is 0 Å². The number of nitrogens with zero attached hydrogens (tertiary/aromatic N) is 1. The summed E-state index contributed by atoms with van der Waals surface area (Å²) in [5, 5.41) is 15.1. The molecule has 0 aromatic rings. The minimum atomic E-state index is -0.998. The van der Waals surface area contributed by atoms with Crippen molar-refractivity contribution in [2.24, 2.45) is 5.92 Å². The molecule has 10 nitrogen and oxygen atoms in total. The van der Waals surface area contributed by atoms with E-state index in [0.717, 1.165) is 0 Å². The highest BCUT2D eigenvalue weighted by atomic mass is 16.6. The van der Waals surface area contributed by atoms with Crippen LogP contribution in [0.5, 0.6) is 0 Å². The number of methoxy groups -OCH3 is 1. The Bertz CT molecular complexity index is 691. The van der Waals surface area contributed by atoms with Crippen molar-refractivity contribution in [1.29, 1.82) is 0 Å². The van der Waals surface area contributed by atoms with E-state index in [1.165, 1.54) is 12.0 Å². The highest BCUT2D eigenvalue weighted by molar-refractivity contribution is 5.94. The summed E-state index contributed by atoms with van der Waals surface area (Å²) < 4.78 is 10.1. The Balaban J connectivity index is 2.17. The molecule has 10 heteroatoms. The number of carbonyl (C=O) groups is 4. The van der Waals surface area contributed by atoms with E-state index >= 15 is 0 Å². The van der Waals surface area contributed by atoms with Crippen LogP contribution in [-0.2, 0) is 23.9 Å². The molecule has 3 amide bonds. The van der Waals surface area contributed by atoms with E-state index < -0.39 is 53.5 Å². The lowest BCUT2D eigenvalue weighted by atomic mass is 9.94. The summed E-state index contributed by atoms with van der Waals surface area (Å²) in [5.41, 5.74) is -0.717.